The van der Waals surface area contributed by atoms with Crippen LogP contribution in [0.4, 0.5) is 21.9 Å². The van der Waals surface area contributed by atoms with Gasteiger partial charge in [-0.05, 0) is 43.7 Å². The Morgan fingerprint density at radius 1 is 1.15 bits per heavy atom. The van der Waals surface area contributed by atoms with Crippen molar-refractivity contribution in [2.45, 2.75) is 26.3 Å². The fraction of sp³-hybridized carbons (Fsp3) is 0.280. The normalized spacial score (nSPS) is 15.9. The van der Waals surface area contributed by atoms with Crippen molar-refractivity contribution in [2.75, 3.05) is 35.3 Å². The number of urea groups is 1. The number of fused-ring (bicyclic) bond motifs is 1. The van der Waals surface area contributed by atoms with Crippen LogP contribution in [-0.4, -0.2) is 51.4 Å². The Balaban J connectivity index is 1.42. The molecule has 0 saturated carbocycles. The number of amides is 2. The van der Waals surface area contributed by atoms with Crippen LogP contribution < -0.4 is 15.5 Å². The number of morpholine rings is 1. The lowest BCUT2D eigenvalue weighted by Gasteiger charge is -2.35. The third-order valence-corrected chi connectivity index (χ3v) is 5.92. The van der Waals surface area contributed by atoms with Crippen molar-refractivity contribution in [1.82, 2.24) is 19.6 Å². The second-order valence-electron chi connectivity index (χ2n) is 8.27. The van der Waals surface area contributed by atoms with E-state index in [2.05, 4.69) is 45.4 Å². The van der Waals surface area contributed by atoms with Crippen LogP contribution in [0.3, 0.4) is 0 Å². The highest BCUT2D eigenvalue weighted by atomic mass is 16.5. The maximum Gasteiger partial charge on any atom is 0.323 e. The summed E-state index contributed by atoms with van der Waals surface area (Å²) in [5, 5.41) is 10.5. The zero-order valence-corrected chi connectivity index (χ0v) is 19.2. The molecule has 174 valence electrons. The number of rotatable bonds is 5. The Bertz CT molecular complexity index is 1290. The van der Waals surface area contributed by atoms with Gasteiger partial charge in [0.1, 0.15) is 0 Å². The van der Waals surface area contributed by atoms with E-state index in [1.54, 1.807) is 24.5 Å². The molecule has 1 atom stereocenters. The van der Waals surface area contributed by atoms with Crippen LogP contribution in [0, 0.1) is 0 Å². The third-order valence-electron chi connectivity index (χ3n) is 5.92. The van der Waals surface area contributed by atoms with Crippen molar-refractivity contribution in [1.29, 1.82) is 0 Å². The van der Waals surface area contributed by atoms with Crippen LogP contribution in [-0.2, 0) is 11.2 Å². The van der Waals surface area contributed by atoms with Crippen LogP contribution in [0.25, 0.3) is 16.9 Å². The second kappa shape index (κ2) is 9.48. The average molecular weight is 458 g/mol. The summed E-state index contributed by atoms with van der Waals surface area (Å²) in [5.74, 6) is 0. The summed E-state index contributed by atoms with van der Waals surface area (Å²) in [7, 11) is 0. The van der Waals surface area contributed by atoms with E-state index in [0.29, 0.717) is 24.6 Å². The number of hydrogen-bond donors (Lipinski definition) is 2. The number of imidazole rings is 1. The summed E-state index contributed by atoms with van der Waals surface area (Å²) in [5.41, 5.74) is 6.09. The molecule has 1 fully saturated rings. The van der Waals surface area contributed by atoms with E-state index in [9.17, 15) is 4.79 Å². The Morgan fingerprint density at radius 2 is 1.97 bits per heavy atom. The van der Waals surface area contributed by atoms with Crippen LogP contribution in [0.2, 0.25) is 0 Å². The van der Waals surface area contributed by atoms with Crippen LogP contribution >= 0.6 is 0 Å². The fourth-order valence-electron chi connectivity index (χ4n) is 4.13. The van der Waals surface area contributed by atoms with Gasteiger partial charge >= 0.3 is 6.03 Å². The molecule has 9 heteroatoms. The Labute approximate surface area is 197 Å². The first-order valence-corrected chi connectivity index (χ1v) is 11.4. The van der Waals surface area contributed by atoms with Gasteiger partial charge in [0, 0.05) is 30.0 Å². The molecule has 9 nitrogen and oxygen atoms in total. The number of carbonyl (C=O) groups excluding carboxylic acids is 1. The van der Waals surface area contributed by atoms with Crippen molar-refractivity contribution in [2.24, 2.45) is 0 Å². The smallest absolute Gasteiger partial charge is 0.323 e. The molecule has 2 amide bonds. The van der Waals surface area contributed by atoms with E-state index in [4.69, 9.17) is 9.84 Å². The molecule has 3 aromatic heterocycles. The highest BCUT2D eigenvalue weighted by Crippen LogP contribution is 2.30. The predicted octanol–water partition coefficient (Wildman–Crippen LogP) is 4.22. The molecule has 2 N–H and O–H groups in total. The Hall–Kier alpha value is -3.98. The van der Waals surface area contributed by atoms with E-state index < -0.39 is 0 Å². The van der Waals surface area contributed by atoms with Crippen LogP contribution in [0.15, 0.2) is 61.1 Å². The third kappa shape index (κ3) is 4.42. The number of hydrogen-bond acceptors (Lipinski definition) is 6. The van der Waals surface area contributed by atoms with Gasteiger partial charge < -0.3 is 20.3 Å². The van der Waals surface area contributed by atoms with E-state index in [1.165, 1.54) is 0 Å². The largest absolute Gasteiger partial charge is 0.377 e. The van der Waals surface area contributed by atoms with Gasteiger partial charge in [0.15, 0.2) is 5.65 Å². The number of benzene rings is 1. The zero-order chi connectivity index (χ0) is 23.5. The zero-order valence-electron chi connectivity index (χ0n) is 19.2. The first kappa shape index (κ1) is 21.8. The highest BCUT2D eigenvalue weighted by Gasteiger charge is 2.24. The second-order valence-corrected chi connectivity index (χ2v) is 8.27. The summed E-state index contributed by atoms with van der Waals surface area (Å²) < 4.78 is 7.59. The fourth-order valence-corrected chi connectivity index (χ4v) is 4.13. The molecule has 1 aromatic carbocycles. The van der Waals surface area contributed by atoms with Crippen molar-refractivity contribution >= 4 is 28.7 Å². The minimum Gasteiger partial charge on any atom is -0.377 e. The van der Waals surface area contributed by atoms with Crippen molar-refractivity contribution < 1.29 is 9.53 Å². The van der Waals surface area contributed by atoms with Gasteiger partial charge in [-0.15, -0.1) is 0 Å². The minimum atomic E-state index is -0.324. The lowest BCUT2D eigenvalue weighted by Crippen LogP contribution is -2.44. The number of pyridine rings is 1. The van der Waals surface area contributed by atoms with Gasteiger partial charge in [0.25, 0.3) is 0 Å². The van der Waals surface area contributed by atoms with Crippen molar-refractivity contribution in [3.63, 3.8) is 0 Å². The monoisotopic (exact) mass is 457 g/mol. The first-order valence-electron chi connectivity index (χ1n) is 11.4. The molecule has 1 aliphatic rings. The molecular weight excluding hydrogens is 430 g/mol. The van der Waals surface area contributed by atoms with E-state index >= 15 is 0 Å². The van der Waals surface area contributed by atoms with Gasteiger partial charge in [-0.3, -0.25) is 4.98 Å². The molecule has 4 aromatic rings. The molecule has 1 aliphatic heterocycles. The molecule has 0 radical (unpaired) electrons. The van der Waals surface area contributed by atoms with Crippen LogP contribution in [0.5, 0.6) is 0 Å². The molecule has 0 bridgehead atoms. The average Bonchev–Trinajstić information content (AvgIpc) is 3.28. The topological polar surface area (TPSA) is 96.7 Å². The molecule has 4 heterocycles. The molecule has 34 heavy (non-hydrogen) atoms. The van der Waals surface area contributed by atoms with Crippen molar-refractivity contribution in [3.8, 4) is 11.3 Å². The summed E-state index contributed by atoms with van der Waals surface area (Å²) in [6, 6.07) is 13.2. The molecular formula is C25H27N7O2. The van der Waals surface area contributed by atoms with E-state index in [-0.39, 0.29) is 12.1 Å². The van der Waals surface area contributed by atoms with Crippen molar-refractivity contribution in [3.05, 3.63) is 66.7 Å². The van der Waals surface area contributed by atoms with E-state index in [0.717, 1.165) is 41.3 Å². The van der Waals surface area contributed by atoms with Gasteiger partial charge in [-0.1, -0.05) is 19.1 Å². The quantitative estimate of drug-likeness (QED) is 0.466. The molecule has 1 saturated heterocycles. The summed E-state index contributed by atoms with van der Waals surface area (Å²) in [6.45, 7) is 6.45. The lowest BCUT2D eigenvalue weighted by atomic mass is 10.1. The maximum absolute atomic E-state index is 12.3. The summed E-state index contributed by atoms with van der Waals surface area (Å²) >= 11 is 0. The predicted molar refractivity (Wildman–Crippen MR) is 132 cm³/mol. The number of carbonyl (C=O) groups is 1. The molecule has 5 rings (SSSR count). The summed E-state index contributed by atoms with van der Waals surface area (Å²) in [6.07, 6.45) is 5.99. The Morgan fingerprint density at radius 3 is 2.71 bits per heavy atom. The number of anilines is 3. The van der Waals surface area contributed by atoms with Crippen LogP contribution in [0.1, 0.15) is 19.5 Å². The molecule has 0 unspecified atom stereocenters. The number of aromatic nitrogens is 4. The number of nitrogens with zero attached hydrogens (tertiary/aromatic N) is 5. The molecule has 0 spiro atoms. The van der Waals surface area contributed by atoms with Gasteiger partial charge in [0.2, 0.25) is 0 Å². The first-order chi connectivity index (χ1) is 16.6. The number of nitrogens with one attached hydrogen (secondary N) is 2. The SMILES string of the molecule is CCc1cnc2c(N3CCOC[C@@H]3C)cc(-c3ccc(NC(=O)Nc4cccnc4)cc3)nn12. The van der Waals surface area contributed by atoms with Gasteiger partial charge in [-0.2, -0.15) is 5.10 Å². The van der Waals surface area contributed by atoms with E-state index in [1.807, 2.05) is 35.0 Å². The highest BCUT2D eigenvalue weighted by molar-refractivity contribution is 5.99. The minimum absolute atomic E-state index is 0.250. The maximum atomic E-state index is 12.3. The Kier molecular flexibility index (Phi) is 6.09. The molecule has 0 aliphatic carbocycles. The summed E-state index contributed by atoms with van der Waals surface area (Å²) in [4.78, 5) is 23.3. The number of aryl methyl sites for hydroxylation is 1. The number of ether oxygens (including phenoxy) is 1. The van der Waals surface area contributed by atoms with Gasteiger partial charge in [-0.25, -0.2) is 14.3 Å². The lowest BCUT2D eigenvalue weighted by molar-refractivity contribution is 0.0990. The standard InChI is InChI=1S/C25H27N7O2/c1-3-21-15-27-24-23(31-11-12-34-16-17(31)2)13-22(30-32(21)24)18-6-8-19(9-7-18)28-25(33)29-20-5-4-10-26-14-20/h4-10,13-15,17H,3,11-12,16H2,1-2H3,(H2,28,29,33)/t17-/m0/s1. The van der Waals surface area contributed by atoms with Gasteiger partial charge in [0.05, 0.1) is 48.4 Å².